The van der Waals surface area contributed by atoms with Gasteiger partial charge in [-0.25, -0.2) is 0 Å². The molecule has 0 N–H and O–H groups in total. The summed E-state index contributed by atoms with van der Waals surface area (Å²) in [5.41, 5.74) is -2.10. The van der Waals surface area contributed by atoms with E-state index in [0.29, 0.717) is 37.5 Å². The zero-order valence-corrected chi connectivity index (χ0v) is 31.0. The molecular weight excluding hydrogens is 582 g/mol. The Labute approximate surface area is 280 Å². The third kappa shape index (κ3) is 8.92. The molecule has 8 atom stereocenters. The molecule has 0 aromatic heterocycles. The molecule has 0 unspecified atom stereocenters. The Balaban J connectivity index is 1.61. The molecular formula is C37H67N3O6. The molecule has 2 heterocycles. The Kier molecular flexibility index (Phi) is 12.8. The van der Waals surface area contributed by atoms with Crippen LogP contribution in [0.1, 0.15) is 99.8 Å². The largest absolute Gasteiger partial charge is 0.463 e. The van der Waals surface area contributed by atoms with Gasteiger partial charge in [-0.1, -0.05) is 20.8 Å². The minimum absolute atomic E-state index is 0.0326. The number of cyclic esters (lactones) is 1. The first-order valence-electron chi connectivity index (χ1n) is 18.3. The number of nitrogens with zero attached hydrogens (tertiary/aromatic N) is 3. The highest BCUT2D eigenvalue weighted by molar-refractivity contribution is 6.04. The van der Waals surface area contributed by atoms with Crippen molar-refractivity contribution in [3.63, 3.8) is 0 Å². The molecule has 2 aliphatic heterocycles. The minimum atomic E-state index is -1.32. The van der Waals surface area contributed by atoms with Crippen LogP contribution in [0.2, 0.25) is 0 Å². The first-order chi connectivity index (χ1) is 21.6. The third-order valence-electron chi connectivity index (χ3n) is 11.8. The average Bonchev–Trinajstić information content (AvgIpc) is 3.78. The van der Waals surface area contributed by atoms with Crippen molar-refractivity contribution in [3.05, 3.63) is 0 Å². The highest BCUT2D eigenvalue weighted by atomic mass is 16.7. The molecule has 2 aliphatic carbocycles. The maximum Gasteiger partial charge on any atom is 0.319 e. The molecule has 0 aromatic rings. The standard InChI is InChI=1S/C37H67N3O6/c1-12-15-40-21-24(2)20-37(7,43-11)34(46-32-19-29(38(8)9)16-25(3)45-32)26(4)33(41)36(5,6)35(42)44-23-31(40)28-17-30(18-28)39(10)22-27-13-14-27/h24-32,34H,12-23H2,1-11H3/t24-,25-,26+,28-,29+,30-,31+,32+,34-,37-/m1/s1. The summed E-state index contributed by atoms with van der Waals surface area (Å²) in [5.74, 6) is 0.342. The van der Waals surface area contributed by atoms with Crippen LogP contribution in [0.5, 0.6) is 0 Å². The van der Waals surface area contributed by atoms with Crippen molar-refractivity contribution in [2.24, 2.45) is 29.1 Å². The number of ketones is 1. The Morgan fingerprint density at radius 1 is 0.978 bits per heavy atom. The van der Waals surface area contributed by atoms with E-state index >= 15 is 0 Å². The van der Waals surface area contributed by atoms with E-state index in [1.54, 1.807) is 21.0 Å². The lowest BCUT2D eigenvalue weighted by molar-refractivity contribution is -0.263. The monoisotopic (exact) mass is 650 g/mol. The van der Waals surface area contributed by atoms with Crippen LogP contribution in [0.15, 0.2) is 0 Å². The van der Waals surface area contributed by atoms with Crippen LogP contribution >= 0.6 is 0 Å². The summed E-state index contributed by atoms with van der Waals surface area (Å²) in [6.07, 6.45) is 7.30. The second-order valence-electron chi connectivity index (χ2n) is 16.6. The van der Waals surface area contributed by atoms with E-state index in [-0.39, 0.29) is 23.8 Å². The van der Waals surface area contributed by atoms with E-state index < -0.39 is 35.3 Å². The average molecular weight is 650 g/mol. The summed E-state index contributed by atoms with van der Waals surface area (Å²) in [4.78, 5) is 35.5. The summed E-state index contributed by atoms with van der Waals surface area (Å²) in [6.45, 7) is 17.3. The van der Waals surface area contributed by atoms with Gasteiger partial charge in [-0.2, -0.15) is 0 Å². The van der Waals surface area contributed by atoms with E-state index in [0.717, 1.165) is 44.7 Å². The summed E-state index contributed by atoms with van der Waals surface area (Å²) in [7, 11) is 8.18. The van der Waals surface area contributed by atoms with Crippen LogP contribution in [0, 0.1) is 29.1 Å². The second-order valence-corrected chi connectivity index (χ2v) is 16.6. The van der Waals surface area contributed by atoms with Crippen molar-refractivity contribution in [2.45, 2.75) is 142 Å². The van der Waals surface area contributed by atoms with Crippen LogP contribution in [0.4, 0.5) is 0 Å². The van der Waals surface area contributed by atoms with Gasteiger partial charge >= 0.3 is 5.97 Å². The molecule has 0 aromatic carbocycles. The molecule has 9 heteroatoms. The van der Waals surface area contributed by atoms with Gasteiger partial charge in [0.25, 0.3) is 0 Å². The molecule has 2 saturated carbocycles. The SMILES string of the molecule is CCCN1C[C@H](C)C[C@@](C)(OC)[C@H](O[C@H]2C[C@@H](N(C)C)C[C@@H](C)O2)[C@@H](C)C(=O)C(C)(C)C(=O)OC[C@H]1[C@H]1C[C@H](N(C)CC2CC2)C1. The number of Topliss-reactive ketones (excluding diaryl/α,β-unsaturated/α-hetero) is 1. The third-order valence-corrected chi connectivity index (χ3v) is 11.8. The van der Waals surface area contributed by atoms with Gasteiger partial charge in [0.15, 0.2) is 12.1 Å². The number of rotatable bonds is 10. The van der Waals surface area contributed by atoms with Crippen molar-refractivity contribution in [3.8, 4) is 0 Å². The maximum atomic E-state index is 14.3. The number of methoxy groups -OCH3 is 1. The first kappa shape index (κ1) is 37.7. The summed E-state index contributed by atoms with van der Waals surface area (Å²) >= 11 is 0. The number of carbonyl (C=O) groups excluding carboxylic acids is 2. The molecule has 2 saturated heterocycles. The smallest absolute Gasteiger partial charge is 0.319 e. The molecule has 266 valence electrons. The summed E-state index contributed by atoms with van der Waals surface area (Å²) < 4.78 is 25.7. The van der Waals surface area contributed by atoms with Gasteiger partial charge in [-0.05, 0) is 118 Å². The fourth-order valence-electron chi connectivity index (χ4n) is 8.54. The van der Waals surface area contributed by atoms with Crippen LogP contribution in [0.25, 0.3) is 0 Å². The lowest BCUT2D eigenvalue weighted by atomic mass is 9.74. The molecule has 4 rings (SSSR count). The lowest BCUT2D eigenvalue weighted by Gasteiger charge is -2.48. The number of ether oxygens (including phenoxy) is 4. The molecule has 46 heavy (non-hydrogen) atoms. The van der Waals surface area contributed by atoms with Crippen LogP contribution in [-0.4, -0.2) is 123 Å². The number of carbonyl (C=O) groups is 2. The molecule has 0 amide bonds. The summed E-state index contributed by atoms with van der Waals surface area (Å²) in [5, 5.41) is 0. The first-order valence-corrected chi connectivity index (χ1v) is 18.3. The van der Waals surface area contributed by atoms with Crippen molar-refractivity contribution in [1.29, 1.82) is 0 Å². The van der Waals surface area contributed by atoms with E-state index in [9.17, 15) is 9.59 Å². The highest BCUT2D eigenvalue weighted by Crippen LogP contribution is 2.41. The molecule has 0 bridgehead atoms. The highest BCUT2D eigenvalue weighted by Gasteiger charge is 2.51. The van der Waals surface area contributed by atoms with Crippen LogP contribution in [0.3, 0.4) is 0 Å². The van der Waals surface area contributed by atoms with Crippen molar-refractivity contribution >= 4 is 11.8 Å². The zero-order valence-electron chi connectivity index (χ0n) is 31.0. The molecule has 0 radical (unpaired) electrons. The lowest BCUT2D eigenvalue weighted by Crippen LogP contribution is -2.56. The summed E-state index contributed by atoms with van der Waals surface area (Å²) in [6, 6.07) is 1.03. The zero-order chi connectivity index (χ0) is 34.0. The Hall–Kier alpha value is -1.10. The Bertz CT molecular complexity index is 1010. The maximum absolute atomic E-state index is 14.3. The second kappa shape index (κ2) is 15.6. The Morgan fingerprint density at radius 2 is 1.65 bits per heavy atom. The molecule has 4 aliphatic rings. The number of hydrogen-bond acceptors (Lipinski definition) is 9. The van der Waals surface area contributed by atoms with E-state index in [2.05, 4.69) is 63.5 Å². The van der Waals surface area contributed by atoms with Crippen LogP contribution in [-0.2, 0) is 28.5 Å². The quantitative estimate of drug-likeness (QED) is 0.233. The number of hydrogen-bond donors (Lipinski definition) is 0. The fraction of sp³-hybridized carbons (Fsp3) is 0.946. The van der Waals surface area contributed by atoms with Crippen LogP contribution < -0.4 is 0 Å². The predicted octanol–water partition coefficient (Wildman–Crippen LogP) is 5.25. The Morgan fingerprint density at radius 3 is 2.24 bits per heavy atom. The van der Waals surface area contributed by atoms with Crippen molar-refractivity contribution in [2.75, 3.05) is 54.5 Å². The normalized spacial score (nSPS) is 40.2. The van der Waals surface area contributed by atoms with Crippen molar-refractivity contribution in [1.82, 2.24) is 14.7 Å². The van der Waals surface area contributed by atoms with E-state index in [1.807, 2.05) is 6.92 Å². The van der Waals surface area contributed by atoms with E-state index in [1.165, 1.54) is 19.4 Å². The van der Waals surface area contributed by atoms with Gasteiger partial charge in [0.1, 0.15) is 12.0 Å². The molecule has 4 fully saturated rings. The van der Waals surface area contributed by atoms with Gasteiger partial charge in [-0.3, -0.25) is 14.5 Å². The topological polar surface area (TPSA) is 80.8 Å². The van der Waals surface area contributed by atoms with Gasteiger partial charge in [-0.15, -0.1) is 0 Å². The molecule has 0 spiro atoms. The van der Waals surface area contributed by atoms with E-state index in [4.69, 9.17) is 18.9 Å². The van der Waals surface area contributed by atoms with Gasteiger partial charge in [0.2, 0.25) is 0 Å². The predicted molar refractivity (Wildman–Crippen MR) is 182 cm³/mol. The van der Waals surface area contributed by atoms with Crippen molar-refractivity contribution < 1.29 is 28.5 Å². The molecule has 9 nitrogen and oxygen atoms in total. The minimum Gasteiger partial charge on any atom is -0.463 e. The van der Waals surface area contributed by atoms with Gasteiger partial charge in [0.05, 0.1) is 17.8 Å². The van der Waals surface area contributed by atoms with Gasteiger partial charge in [0, 0.05) is 50.7 Å². The number of esters is 1. The van der Waals surface area contributed by atoms with Gasteiger partial charge < -0.3 is 28.7 Å². The fourth-order valence-corrected chi connectivity index (χ4v) is 8.54.